The summed E-state index contributed by atoms with van der Waals surface area (Å²) < 4.78 is 10.5. The van der Waals surface area contributed by atoms with Crippen LogP contribution in [0.25, 0.3) is 0 Å². The number of halogens is 1. The van der Waals surface area contributed by atoms with Crippen LogP contribution in [0.4, 0.5) is 5.69 Å². The van der Waals surface area contributed by atoms with Gasteiger partial charge in [0.2, 0.25) is 5.91 Å². The average molecular weight is 363 g/mol. The summed E-state index contributed by atoms with van der Waals surface area (Å²) in [6.07, 6.45) is 0. The molecule has 0 saturated carbocycles. The topological polar surface area (TPSA) is 59.6 Å². The molecule has 2 aromatic rings. The number of hydrogen-bond donors (Lipinski definition) is 2. The molecule has 0 aromatic heterocycles. The van der Waals surface area contributed by atoms with Crippen molar-refractivity contribution >= 4 is 23.2 Å². The minimum absolute atomic E-state index is 0.0877. The third-order valence-electron chi connectivity index (χ3n) is 3.59. The van der Waals surface area contributed by atoms with Gasteiger partial charge in [0.1, 0.15) is 12.4 Å². The lowest BCUT2D eigenvalue weighted by molar-refractivity contribution is -0.120. The van der Waals surface area contributed by atoms with Crippen LogP contribution >= 0.6 is 11.6 Å². The van der Waals surface area contributed by atoms with Crippen molar-refractivity contribution in [2.24, 2.45) is 0 Å². The van der Waals surface area contributed by atoms with Gasteiger partial charge in [0.15, 0.2) is 0 Å². The summed E-state index contributed by atoms with van der Waals surface area (Å²) in [5, 5.41) is 6.72. The molecular weight excluding hydrogens is 340 g/mol. The van der Waals surface area contributed by atoms with Crippen molar-refractivity contribution in [1.29, 1.82) is 0 Å². The lowest BCUT2D eigenvalue weighted by atomic mass is 10.1. The van der Waals surface area contributed by atoms with Crippen LogP contribution in [-0.2, 0) is 9.53 Å². The van der Waals surface area contributed by atoms with Gasteiger partial charge < -0.3 is 20.1 Å². The van der Waals surface area contributed by atoms with Gasteiger partial charge in [0.25, 0.3) is 0 Å². The van der Waals surface area contributed by atoms with Crippen LogP contribution in [0.5, 0.6) is 5.75 Å². The third-order valence-corrected chi connectivity index (χ3v) is 3.84. The molecule has 25 heavy (non-hydrogen) atoms. The summed E-state index contributed by atoms with van der Waals surface area (Å²) in [6.45, 7) is 3.13. The first-order valence-corrected chi connectivity index (χ1v) is 8.47. The number of methoxy groups -OCH3 is 1. The zero-order chi connectivity index (χ0) is 18.1. The van der Waals surface area contributed by atoms with Crippen LogP contribution in [0.15, 0.2) is 48.5 Å². The Kier molecular flexibility index (Phi) is 7.57. The molecule has 1 atom stereocenters. The second-order valence-electron chi connectivity index (χ2n) is 5.56. The van der Waals surface area contributed by atoms with Crippen molar-refractivity contribution in [2.45, 2.75) is 13.0 Å². The van der Waals surface area contributed by atoms with Crippen LogP contribution < -0.4 is 15.4 Å². The first-order valence-electron chi connectivity index (χ1n) is 8.09. The zero-order valence-electron chi connectivity index (χ0n) is 14.4. The van der Waals surface area contributed by atoms with E-state index in [1.165, 1.54) is 0 Å². The third kappa shape index (κ3) is 6.64. The summed E-state index contributed by atoms with van der Waals surface area (Å²) >= 11 is 5.88. The van der Waals surface area contributed by atoms with Gasteiger partial charge in [0, 0.05) is 23.9 Å². The number of hydrogen-bond acceptors (Lipinski definition) is 4. The molecule has 2 N–H and O–H groups in total. The van der Waals surface area contributed by atoms with Gasteiger partial charge >= 0.3 is 0 Å². The molecule has 0 heterocycles. The number of carbonyl (C=O) groups is 1. The molecular formula is C19H23ClN2O3. The smallest absolute Gasteiger partial charge is 0.239 e. The molecule has 1 unspecified atom stereocenters. The molecule has 2 rings (SSSR count). The van der Waals surface area contributed by atoms with Gasteiger partial charge in [-0.15, -0.1) is 0 Å². The Bertz CT molecular complexity index is 677. The normalized spacial score (nSPS) is 11.6. The number of anilines is 1. The van der Waals surface area contributed by atoms with Crippen LogP contribution in [0.1, 0.15) is 18.5 Å². The van der Waals surface area contributed by atoms with Crippen LogP contribution in [0.2, 0.25) is 5.02 Å². The summed E-state index contributed by atoms with van der Waals surface area (Å²) in [4.78, 5) is 12.1. The molecule has 0 aliphatic heterocycles. The minimum atomic E-state index is -0.0897. The summed E-state index contributed by atoms with van der Waals surface area (Å²) in [5.74, 6) is 0.644. The number of nitrogens with one attached hydrogen (secondary N) is 2. The average Bonchev–Trinajstić information content (AvgIpc) is 2.61. The molecule has 1 amide bonds. The summed E-state index contributed by atoms with van der Waals surface area (Å²) in [7, 11) is 1.63. The Morgan fingerprint density at radius 3 is 2.64 bits per heavy atom. The fraction of sp³-hybridized carbons (Fsp3) is 0.316. The molecule has 0 aliphatic carbocycles. The molecule has 0 fully saturated rings. The highest BCUT2D eigenvalue weighted by Crippen LogP contribution is 2.18. The number of carbonyl (C=O) groups excluding carboxylic acids is 1. The van der Waals surface area contributed by atoms with E-state index in [2.05, 4.69) is 10.6 Å². The fourth-order valence-corrected chi connectivity index (χ4v) is 2.37. The maximum Gasteiger partial charge on any atom is 0.239 e. The SMILES string of the molecule is COCCOc1cccc(NCC(=O)NC(C)c2ccc(Cl)cc2)c1. The van der Waals surface area contributed by atoms with Gasteiger partial charge in [-0.3, -0.25) is 4.79 Å². The summed E-state index contributed by atoms with van der Waals surface area (Å²) in [5.41, 5.74) is 1.83. The van der Waals surface area contributed by atoms with E-state index in [0.717, 1.165) is 17.0 Å². The van der Waals surface area contributed by atoms with Crippen molar-refractivity contribution in [2.75, 3.05) is 32.2 Å². The standard InChI is InChI=1S/C19H23ClN2O3/c1-14(15-6-8-16(20)9-7-15)22-19(23)13-21-17-4-3-5-18(12-17)25-11-10-24-2/h3-9,12,14,21H,10-11,13H2,1-2H3,(H,22,23). The molecule has 0 aliphatic rings. The van der Waals surface area contributed by atoms with Gasteiger partial charge in [-0.1, -0.05) is 29.8 Å². The molecule has 5 nitrogen and oxygen atoms in total. The molecule has 0 bridgehead atoms. The maximum absolute atomic E-state index is 12.1. The van der Waals surface area contributed by atoms with E-state index < -0.39 is 0 Å². The van der Waals surface area contributed by atoms with Crippen LogP contribution in [0.3, 0.4) is 0 Å². The predicted molar refractivity (Wildman–Crippen MR) is 100 cm³/mol. The van der Waals surface area contributed by atoms with E-state index in [1.54, 1.807) is 7.11 Å². The van der Waals surface area contributed by atoms with E-state index in [4.69, 9.17) is 21.1 Å². The summed E-state index contributed by atoms with van der Waals surface area (Å²) in [6, 6.07) is 14.8. The van der Waals surface area contributed by atoms with E-state index in [0.29, 0.717) is 18.2 Å². The molecule has 0 radical (unpaired) electrons. The quantitative estimate of drug-likeness (QED) is 0.668. The Hall–Kier alpha value is -2.24. The highest BCUT2D eigenvalue weighted by atomic mass is 35.5. The molecule has 134 valence electrons. The highest BCUT2D eigenvalue weighted by Gasteiger charge is 2.09. The second kappa shape index (κ2) is 9.91. The van der Waals surface area contributed by atoms with Crippen LogP contribution in [-0.4, -0.2) is 32.8 Å². The van der Waals surface area contributed by atoms with Gasteiger partial charge in [-0.25, -0.2) is 0 Å². The maximum atomic E-state index is 12.1. The van der Waals surface area contributed by atoms with E-state index in [1.807, 2.05) is 55.5 Å². The Morgan fingerprint density at radius 1 is 1.16 bits per heavy atom. The molecule has 0 saturated heterocycles. The lowest BCUT2D eigenvalue weighted by Gasteiger charge is -2.15. The fourth-order valence-electron chi connectivity index (χ4n) is 2.25. The number of amides is 1. The molecule has 2 aromatic carbocycles. The predicted octanol–water partition coefficient (Wildman–Crippen LogP) is 3.65. The highest BCUT2D eigenvalue weighted by molar-refractivity contribution is 6.30. The molecule has 0 spiro atoms. The first kappa shape index (κ1) is 19.1. The van der Waals surface area contributed by atoms with E-state index >= 15 is 0 Å². The van der Waals surface area contributed by atoms with Crippen molar-refractivity contribution in [1.82, 2.24) is 5.32 Å². The van der Waals surface area contributed by atoms with E-state index in [9.17, 15) is 4.79 Å². The monoisotopic (exact) mass is 362 g/mol. The first-order chi connectivity index (χ1) is 12.1. The lowest BCUT2D eigenvalue weighted by Crippen LogP contribution is -2.32. The zero-order valence-corrected chi connectivity index (χ0v) is 15.2. The Labute approximate surface area is 153 Å². The van der Waals surface area contributed by atoms with Crippen molar-refractivity contribution in [3.8, 4) is 5.75 Å². The minimum Gasteiger partial charge on any atom is -0.491 e. The second-order valence-corrected chi connectivity index (χ2v) is 6.00. The van der Waals surface area contributed by atoms with Crippen molar-refractivity contribution < 1.29 is 14.3 Å². The van der Waals surface area contributed by atoms with E-state index in [-0.39, 0.29) is 18.5 Å². The van der Waals surface area contributed by atoms with Gasteiger partial charge in [-0.2, -0.15) is 0 Å². The Balaban J connectivity index is 1.81. The van der Waals surface area contributed by atoms with Crippen LogP contribution in [0, 0.1) is 0 Å². The number of rotatable bonds is 9. The van der Waals surface area contributed by atoms with Crippen molar-refractivity contribution in [3.63, 3.8) is 0 Å². The number of benzene rings is 2. The largest absolute Gasteiger partial charge is 0.491 e. The van der Waals surface area contributed by atoms with Gasteiger partial charge in [0.05, 0.1) is 19.2 Å². The molecule has 6 heteroatoms. The number of ether oxygens (including phenoxy) is 2. The Morgan fingerprint density at radius 2 is 1.92 bits per heavy atom. The van der Waals surface area contributed by atoms with Gasteiger partial charge in [-0.05, 0) is 36.8 Å². The van der Waals surface area contributed by atoms with Crippen molar-refractivity contribution in [3.05, 3.63) is 59.1 Å².